The third-order valence-corrected chi connectivity index (χ3v) is 5.92. The van der Waals surface area contributed by atoms with Gasteiger partial charge in [-0.2, -0.15) is 0 Å². The number of ether oxygens (including phenoxy) is 2. The summed E-state index contributed by atoms with van der Waals surface area (Å²) in [5.41, 5.74) is 0. The highest BCUT2D eigenvalue weighted by Gasteiger charge is 2.46. The normalized spacial score (nSPS) is 18.1. The van der Waals surface area contributed by atoms with E-state index in [1.165, 1.54) is 44.9 Å². The van der Waals surface area contributed by atoms with Crippen molar-refractivity contribution in [2.75, 3.05) is 0 Å². The monoisotopic (exact) mass is 370 g/mol. The molecule has 0 fully saturated rings. The molecule has 0 aromatic carbocycles. The Balaban J connectivity index is 5.30. The molecule has 0 radical (unpaired) electrons. The first-order valence-corrected chi connectivity index (χ1v) is 11.6. The highest BCUT2D eigenvalue weighted by atomic mass is 16.7. The maximum atomic E-state index is 6.72. The van der Waals surface area contributed by atoms with Crippen molar-refractivity contribution in [1.29, 1.82) is 0 Å². The molecule has 3 atom stereocenters. The van der Waals surface area contributed by atoms with Gasteiger partial charge in [0.05, 0.1) is 12.2 Å². The fourth-order valence-corrected chi connectivity index (χ4v) is 3.84. The summed E-state index contributed by atoms with van der Waals surface area (Å²) in [4.78, 5) is 0. The summed E-state index contributed by atoms with van der Waals surface area (Å²) in [6, 6.07) is 0. The maximum absolute atomic E-state index is 6.72. The lowest BCUT2D eigenvalue weighted by Gasteiger charge is -2.48. The molecule has 0 N–H and O–H groups in total. The molecule has 2 heteroatoms. The summed E-state index contributed by atoms with van der Waals surface area (Å²) in [5.74, 6) is 0.874. The third-order valence-electron chi connectivity index (χ3n) is 5.92. The molecule has 0 rings (SSSR count). The molecule has 0 heterocycles. The summed E-state index contributed by atoms with van der Waals surface area (Å²) >= 11 is 0. The van der Waals surface area contributed by atoms with Gasteiger partial charge in [0.25, 0.3) is 0 Å². The molecular weight excluding hydrogens is 320 g/mol. The van der Waals surface area contributed by atoms with E-state index in [2.05, 4.69) is 62.3 Å². The van der Waals surface area contributed by atoms with Gasteiger partial charge in [0.2, 0.25) is 0 Å². The fraction of sp³-hybridized carbons (Fsp3) is 1.00. The molecular formula is C24H50O2. The molecule has 0 saturated carbocycles. The molecule has 0 spiro atoms. The Kier molecular flexibility index (Phi) is 14.0. The lowest BCUT2D eigenvalue weighted by Crippen LogP contribution is -2.53. The zero-order valence-electron chi connectivity index (χ0n) is 19.6. The van der Waals surface area contributed by atoms with Crippen molar-refractivity contribution in [1.82, 2.24) is 0 Å². The van der Waals surface area contributed by atoms with Crippen LogP contribution in [0, 0.1) is 17.8 Å². The lowest BCUT2D eigenvalue weighted by atomic mass is 9.77. The predicted octanol–water partition coefficient (Wildman–Crippen LogP) is 7.99. The van der Waals surface area contributed by atoms with E-state index < -0.39 is 5.79 Å². The molecule has 0 bridgehead atoms. The molecule has 0 saturated heterocycles. The molecule has 3 unspecified atom stereocenters. The van der Waals surface area contributed by atoms with E-state index in [1.54, 1.807) is 0 Å². The van der Waals surface area contributed by atoms with E-state index in [0.717, 1.165) is 12.8 Å². The van der Waals surface area contributed by atoms with Crippen molar-refractivity contribution in [3.8, 4) is 0 Å². The Morgan fingerprint density at radius 1 is 0.654 bits per heavy atom. The maximum Gasteiger partial charge on any atom is 0.174 e. The van der Waals surface area contributed by atoms with E-state index in [0.29, 0.717) is 17.8 Å². The second-order valence-electron chi connectivity index (χ2n) is 8.96. The van der Waals surface area contributed by atoms with Crippen LogP contribution in [-0.4, -0.2) is 18.0 Å². The molecule has 2 nitrogen and oxygen atoms in total. The minimum atomic E-state index is -0.470. The largest absolute Gasteiger partial charge is 0.346 e. The number of rotatable bonds is 16. The predicted molar refractivity (Wildman–Crippen MR) is 116 cm³/mol. The van der Waals surface area contributed by atoms with E-state index in [9.17, 15) is 0 Å². The van der Waals surface area contributed by atoms with Gasteiger partial charge in [-0.3, -0.25) is 0 Å². The third kappa shape index (κ3) is 8.74. The molecule has 158 valence electrons. The smallest absolute Gasteiger partial charge is 0.174 e. The lowest BCUT2D eigenvalue weighted by molar-refractivity contribution is -0.329. The van der Waals surface area contributed by atoms with Gasteiger partial charge in [-0.25, -0.2) is 0 Å². The molecule has 0 aliphatic carbocycles. The summed E-state index contributed by atoms with van der Waals surface area (Å²) in [7, 11) is 0. The molecule has 0 aromatic heterocycles. The van der Waals surface area contributed by atoms with Crippen LogP contribution in [0.5, 0.6) is 0 Å². The van der Waals surface area contributed by atoms with Gasteiger partial charge in [0.1, 0.15) is 0 Å². The Morgan fingerprint density at radius 2 is 1.12 bits per heavy atom. The van der Waals surface area contributed by atoms with Gasteiger partial charge in [0, 0.05) is 11.8 Å². The Hall–Kier alpha value is -0.0800. The molecule has 0 aromatic rings. The minimum Gasteiger partial charge on any atom is -0.346 e. The SMILES string of the molecule is CCCCCCCCC(C(C)C)C(OC(C)CC)(OC(C)CC)C(C)C. The van der Waals surface area contributed by atoms with Gasteiger partial charge in [-0.05, 0) is 39.0 Å². The van der Waals surface area contributed by atoms with Crippen molar-refractivity contribution in [2.24, 2.45) is 17.8 Å². The first kappa shape index (κ1) is 25.9. The summed E-state index contributed by atoms with van der Waals surface area (Å²) in [5, 5.41) is 0. The zero-order valence-corrected chi connectivity index (χ0v) is 19.6. The van der Waals surface area contributed by atoms with Gasteiger partial charge >= 0.3 is 0 Å². The Bertz CT molecular complexity index is 312. The van der Waals surface area contributed by atoms with Crippen LogP contribution in [0.3, 0.4) is 0 Å². The average Bonchev–Trinajstić information content (AvgIpc) is 2.59. The van der Waals surface area contributed by atoms with Gasteiger partial charge in [-0.15, -0.1) is 0 Å². The van der Waals surface area contributed by atoms with Crippen LogP contribution in [0.25, 0.3) is 0 Å². The summed E-state index contributed by atoms with van der Waals surface area (Å²) in [6.07, 6.45) is 11.8. The standard InChI is InChI=1S/C24H50O2/c1-10-13-14-15-16-17-18-23(19(4)5)24(20(6)7,25-21(8)11-2)26-22(9)12-3/h19-23H,10-18H2,1-9H3. The number of hydrogen-bond acceptors (Lipinski definition) is 2. The first-order valence-electron chi connectivity index (χ1n) is 11.6. The van der Waals surface area contributed by atoms with E-state index in [4.69, 9.17) is 9.47 Å². The van der Waals surface area contributed by atoms with Crippen LogP contribution < -0.4 is 0 Å². The summed E-state index contributed by atoms with van der Waals surface area (Å²) in [6.45, 7) is 20.3. The van der Waals surface area contributed by atoms with E-state index >= 15 is 0 Å². The van der Waals surface area contributed by atoms with Crippen LogP contribution in [0.1, 0.15) is 120 Å². The molecule has 26 heavy (non-hydrogen) atoms. The fourth-order valence-electron chi connectivity index (χ4n) is 3.84. The van der Waals surface area contributed by atoms with Crippen LogP contribution in [0.4, 0.5) is 0 Å². The van der Waals surface area contributed by atoms with Crippen molar-refractivity contribution in [2.45, 2.75) is 138 Å². The van der Waals surface area contributed by atoms with Gasteiger partial charge in [-0.1, -0.05) is 87.0 Å². The topological polar surface area (TPSA) is 18.5 Å². The summed E-state index contributed by atoms with van der Waals surface area (Å²) < 4.78 is 13.4. The zero-order chi connectivity index (χ0) is 20.2. The van der Waals surface area contributed by atoms with Crippen LogP contribution in [0.15, 0.2) is 0 Å². The second kappa shape index (κ2) is 14.0. The van der Waals surface area contributed by atoms with E-state index in [1.807, 2.05) is 0 Å². The average molecular weight is 371 g/mol. The second-order valence-corrected chi connectivity index (χ2v) is 8.96. The Morgan fingerprint density at radius 3 is 1.50 bits per heavy atom. The molecule has 0 amide bonds. The van der Waals surface area contributed by atoms with Gasteiger partial charge < -0.3 is 9.47 Å². The van der Waals surface area contributed by atoms with Crippen molar-refractivity contribution in [3.05, 3.63) is 0 Å². The molecule has 0 aliphatic rings. The van der Waals surface area contributed by atoms with Crippen LogP contribution >= 0.6 is 0 Å². The quantitative estimate of drug-likeness (QED) is 0.202. The van der Waals surface area contributed by atoms with Crippen molar-refractivity contribution < 1.29 is 9.47 Å². The number of unbranched alkanes of at least 4 members (excludes halogenated alkanes) is 5. The highest BCUT2D eigenvalue weighted by Crippen LogP contribution is 2.42. The first-order chi connectivity index (χ1) is 12.2. The van der Waals surface area contributed by atoms with Crippen molar-refractivity contribution in [3.63, 3.8) is 0 Å². The van der Waals surface area contributed by atoms with E-state index in [-0.39, 0.29) is 12.2 Å². The Labute approximate surface area is 165 Å². The van der Waals surface area contributed by atoms with Gasteiger partial charge in [0.15, 0.2) is 5.79 Å². The highest BCUT2D eigenvalue weighted by molar-refractivity contribution is 4.87. The van der Waals surface area contributed by atoms with Crippen LogP contribution in [0.2, 0.25) is 0 Å². The van der Waals surface area contributed by atoms with Crippen molar-refractivity contribution >= 4 is 0 Å². The minimum absolute atomic E-state index is 0.229. The number of hydrogen-bond donors (Lipinski definition) is 0. The van der Waals surface area contributed by atoms with Crippen LogP contribution in [-0.2, 0) is 9.47 Å². The molecule has 0 aliphatic heterocycles.